The predicted octanol–water partition coefficient (Wildman–Crippen LogP) is 6.56. The van der Waals surface area contributed by atoms with Crippen LogP contribution in [-0.4, -0.2) is 40.9 Å². The van der Waals surface area contributed by atoms with Gasteiger partial charge in [0.2, 0.25) is 0 Å². The first kappa shape index (κ1) is 31.5. The minimum absolute atomic E-state index is 0.0286. The van der Waals surface area contributed by atoms with Crippen LogP contribution >= 0.6 is 0 Å². The van der Waals surface area contributed by atoms with E-state index in [1.54, 1.807) is 30.1 Å². The monoisotopic (exact) mass is 562 g/mol. The molecule has 3 rings (SSSR count). The summed E-state index contributed by atoms with van der Waals surface area (Å²) in [4.78, 5) is 26.8. The SMILES string of the molecule is CCCCOC(=O)[C@](C)(Cc1ccc(O)c(OCCCC)c1)N(Cc1ccccc1)NC(=O)OCc1ccccc1. The Balaban J connectivity index is 1.92. The van der Waals surface area contributed by atoms with Crippen LogP contribution in [0.15, 0.2) is 78.9 Å². The second kappa shape index (κ2) is 16.3. The van der Waals surface area contributed by atoms with Crippen molar-refractivity contribution in [1.82, 2.24) is 10.4 Å². The third kappa shape index (κ3) is 9.83. The molecule has 0 saturated heterocycles. The van der Waals surface area contributed by atoms with Crippen LogP contribution < -0.4 is 10.2 Å². The van der Waals surface area contributed by atoms with Crippen molar-refractivity contribution in [3.63, 3.8) is 0 Å². The number of benzene rings is 3. The molecule has 0 aliphatic heterocycles. The lowest BCUT2D eigenvalue weighted by molar-refractivity contribution is -0.160. The first-order valence-electron chi connectivity index (χ1n) is 14.3. The van der Waals surface area contributed by atoms with Crippen molar-refractivity contribution in [2.45, 2.75) is 71.6 Å². The van der Waals surface area contributed by atoms with Gasteiger partial charge in [-0.05, 0) is 48.6 Å². The van der Waals surface area contributed by atoms with Gasteiger partial charge in [-0.3, -0.25) is 5.43 Å². The summed E-state index contributed by atoms with van der Waals surface area (Å²) in [6.45, 7) is 6.87. The van der Waals surface area contributed by atoms with Gasteiger partial charge < -0.3 is 19.3 Å². The summed E-state index contributed by atoms with van der Waals surface area (Å²) in [5.74, 6) is -0.102. The number of nitrogens with zero attached hydrogens (tertiary/aromatic N) is 1. The van der Waals surface area contributed by atoms with Crippen LogP contribution in [-0.2, 0) is 33.8 Å². The number of hydrogen-bond acceptors (Lipinski definition) is 7. The number of phenols is 1. The van der Waals surface area contributed by atoms with E-state index in [2.05, 4.69) is 12.3 Å². The third-order valence-corrected chi connectivity index (χ3v) is 6.72. The number of hydrogen-bond donors (Lipinski definition) is 2. The molecule has 1 atom stereocenters. The minimum atomic E-state index is -1.33. The van der Waals surface area contributed by atoms with Gasteiger partial charge in [-0.1, -0.05) is 93.4 Å². The number of unbranched alkanes of at least 4 members (excludes halogenated alkanes) is 2. The van der Waals surface area contributed by atoms with E-state index in [4.69, 9.17) is 14.2 Å². The van der Waals surface area contributed by atoms with Gasteiger partial charge in [0, 0.05) is 13.0 Å². The van der Waals surface area contributed by atoms with Gasteiger partial charge in [0.15, 0.2) is 11.5 Å². The Morgan fingerprint density at radius 1 is 0.829 bits per heavy atom. The van der Waals surface area contributed by atoms with E-state index < -0.39 is 17.6 Å². The molecule has 0 radical (unpaired) electrons. The van der Waals surface area contributed by atoms with Crippen LogP contribution in [0, 0.1) is 0 Å². The van der Waals surface area contributed by atoms with Crippen molar-refractivity contribution in [3.8, 4) is 11.5 Å². The predicted molar refractivity (Wildman–Crippen MR) is 158 cm³/mol. The molecule has 0 bridgehead atoms. The first-order chi connectivity index (χ1) is 19.9. The highest BCUT2D eigenvalue weighted by Gasteiger charge is 2.43. The van der Waals surface area contributed by atoms with Crippen molar-refractivity contribution in [2.75, 3.05) is 13.2 Å². The van der Waals surface area contributed by atoms with Crippen LogP contribution in [0.2, 0.25) is 0 Å². The molecule has 41 heavy (non-hydrogen) atoms. The third-order valence-electron chi connectivity index (χ3n) is 6.72. The quantitative estimate of drug-likeness (QED) is 0.116. The van der Waals surface area contributed by atoms with Crippen molar-refractivity contribution < 1.29 is 28.9 Å². The van der Waals surface area contributed by atoms with Gasteiger partial charge in [-0.25, -0.2) is 9.59 Å². The van der Waals surface area contributed by atoms with E-state index in [9.17, 15) is 14.7 Å². The van der Waals surface area contributed by atoms with E-state index >= 15 is 0 Å². The standard InChI is InChI=1S/C33H42N2O6/c1-4-6-20-39-30-22-28(18-19-29(30)36)23-33(3,31(37)40-21-7-5-2)35(24-26-14-10-8-11-15-26)34-32(38)41-25-27-16-12-9-13-17-27/h8-19,22,36H,4-7,20-21,23-25H2,1-3H3,(H,34,38)/t33-/m0/s1. The largest absolute Gasteiger partial charge is 0.504 e. The number of carbonyl (C=O) groups is 2. The number of ether oxygens (including phenoxy) is 3. The lowest BCUT2D eigenvalue weighted by Gasteiger charge is -2.39. The smallest absolute Gasteiger partial charge is 0.422 e. The molecule has 0 aromatic heterocycles. The van der Waals surface area contributed by atoms with Crippen LogP contribution in [0.25, 0.3) is 0 Å². The molecule has 0 spiro atoms. The van der Waals surface area contributed by atoms with Crippen LogP contribution in [0.5, 0.6) is 11.5 Å². The van der Waals surface area contributed by atoms with Crippen LogP contribution in [0.1, 0.15) is 63.1 Å². The number of hydrazine groups is 1. The topological polar surface area (TPSA) is 97.3 Å². The molecule has 220 valence electrons. The highest BCUT2D eigenvalue weighted by molar-refractivity contribution is 5.81. The molecular formula is C33H42N2O6. The van der Waals surface area contributed by atoms with Crippen molar-refractivity contribution in [3.05, 3.63) is 95.6 Å². The van der Waals surface area contributed by atoms with Gasteiger partial charge >= 0.3 is 12.1 Å². The second-order valence-corrected chi connectivity index (χ2v) is 10.2. The molecular weight excluding hydrogens is 520 g/mol. The summed E-state index contributed by atoms with van der Waals surface area (Å²) in [5, 5.41) is 11.9. The van der Waals surface area contributed by atoms with Crippen LogP contribution in [0.3, 0.4) is 0 Å². The second-order valence-electron chi connectivity index (χ2n) is 10.2. The van der Waals surface area contributed by atoms with E-state index in [0.717, 1.165) is 42.4 Å². The number of amides is 1. The van der Waals surface area contributed by atoms with E-state index in [-0.39, 0.29) is 31.9 Å². The Morgan fingerprint density at radius 3 is 2.12 bits per heavy atom. The maximum absolute atomic E-state index is 13.8. The Kier molecular flexibility index (Phi) is 12.5. The highest BCUT2D eigenvalue weighted by atomic mass is 16.6. The summed E-state index contributed by atoms with van der Waals surface area (Å²) in [6.07, 6.45) is 2.90. The summed E-state index contributed by atoms with van der Waals surface area (Å²) >= 11 is 0. The van der Waals surface area contributed by atoms with Gasteiger partial charge in [0.25, 0.3) is 0 Å². The van der Waals surface area contributed by atoms with Crippen molar-refractivity contribution in [1.29, 1.82) is 0 Å². The van der Waals surface area contributed by atoms with Crippen LogP contribution in [0.4, 0.5) is 4.79 Å². The van der Waals surface area contributed by atoms with Gasteiger partial charge in [-0.2, -0.15) is 5.01 Å². The van der Waals surface area contributed by atoms with Gasteiger partial charge in [0.05, 0.1) is 13.2 Å². The molecule has 3 aromatic rings. The molecule has 0 fully saturated rings. The summed E-state index contributed by atoms with van der Waals surface area (Å²) in [7, 11) is 0. The Hall–Kier alpha value is -4.04. The minimum Gasteiger partial charge on any atom is -0.504 e. The van der Waals surface area contributed by atoms with Gasteiger partial charge in [-0.15, -0.1) is 0 Å². The molecule has 8 heteroatoms. The molecule has 0 aliphatic carbocycles. The Bertz CT molecular complexity index is 1220. The molecule has 0 aliphatic rings. The molecule has 2 N–H and O–H groups in total. The maximum Gasteiger partial charge on any atom is 0.422 e. The fourth-order valence-electron chi connectivity index (χ4n) is 4.22. The summed E-state index contributed by atoms with van der Waals surface area (Å²) in [5.41, 5.74) is 3.97. The summed E-state index contributed by atoms with van der Waals surface area (Å²) in [6, 6.07) is 24.0. The molecule has 8 nitrogen and oxygen atoms in total. The molecule has 3 aromatic carbocycles. The van der Waals surface area contributed by atoms with E-state index in [1.807, 2.05) is 67.6 Å². The summed E-state index contributed by atoms with van der Waals surface area (Å²) < 4.78 is 17.0. The first-order valence-corrected chi connectivity index (χ1v) is 14.3. The zero-order valence-corrected chi connectivity index (χ0v) is 24.3. The number of carbonyl (C=O) groups excluding carboxylic acids is 2. The van der Waals surface area contributed by atoms with Crippen molar-refractivity contribution >= 4 is 12.1 Å². The maximum atomic E-state index is 13.8. The highest BCUT2D eigenvalue weighted by Crippen LogP contribution is 2.31. The lowest BCUT2D eigenvalue weighted by Crippen LogP contribution is -2.61. The fourth-order valence-corrected chi connectivity index (χ4v) is 4.22. The molecule has 1 amide bonds. The number of phenolic OH excluding ortho intramolecular Hbond substituents is 1. The van der Waals surface area contributed by atoms with Crippen molar-refractivity contribution in [2.24, 2.45) is 0 Å². The Labute approximate surface area is 243 Å². The number of nitrogens with one attached hydrogen (secondary N) is 1. The number of aromatic hydroxyl groups is 1. The molecule has 0 saturated carbocycles. The number of esters is 1. The van der Waals surface area contributed by atoms with E-state index in [0.29, 0.717) is 12.4 Å². The Morgan fingerprint density at radius 2 is 1.46 bits per heavy atom. The molecule has 0 unspecified atom stereocenters. The zero-order chi connectivity index (χ0) is 29.5. The fraction of sp³-hybridized carbons (Fsp3) is 0.394. The zero-order valence-electron chi connectivity index (χ0n) is 24.3. The normalized spacial score (nSPS) is 12.4. The lowest BCUT2D eigenvalue weighted by atomic mass is 9.91. The molecule has 0 heterocycles. The average molecular weight is 563 g/mol. The average Bonchev–Trinajstić information content (AvgIpc) is 2.98. The number of rotatable bonds is 16. The van der Waals surface area contributed by atoms with Gasteiger partial charge in [0.1, 0.15) is 12.1 Å². The van der Waals surface area contributed by atoms with E-state index in [1.165, 1.54) is 0 Å².